The Kier molecular flexibility index (Phi) is 5.12. The highest BCUT2D eigenvalue weighted by molar-refractivity contribution is 5.97. The highest BCUT2D eigenvalue weighted by atomic mass is 19.1. The quantitative estimate of drug-likeness (QED) is 0.512. The van der Waals surface area contributed by atoms with Crippen LogP contribution >= 0.6 is 0 Å². The fraction of sp³-hybridized carbons (Fsp3) is 0.0870. The highest BCUT2D eigenvalue weighted by Crippen LogP contribution is 2.28. The Hall–Kier alpha value is -4.20. The molecule has 7 nitrogen and oxygen atoms in total. The summed E-state index contributed by atoms with van der Waals surface area (Å²) in [4.78, 5) is 28.9. The van der Waals surface area contributed by atoms with Gasteiger partial charge >= 0.3 is 5.97 Å². The molecule has 4 aromatic rings. The Morgan fingerprint density at radius 2 is 1.77 bits per heavy atom. The number of aromatic carboxylic acids is 1. The van der Waals surface area contributed by atoms with Crippen molar-refractivity contribution >= 4 is 17.0 Å². The van der Waals surface area contributed by atoms with Gasteiger partial charge in [-0.25, -0.2) is 9.18 Å². The van der Waals surface area contributed by atoms with Crippen molar-refractivity contribution in [1.29, 1.82) is 0 Å². The molecule has 0 radical (unpaired) electrons. The number of pyridine rings is 2. The maximum atomic E-state index is 13.2. The average molecular weight is 420 g/mol. The molecule has 0 fully saturated rings. The molecule has 156 valence electrons. The molecule has 0 aliphatic rings. The van der Waals surface area contributed by atoms with Crippen LogP contribution in [-0.4, -0.2) is 32.8 Å². The molecule has 0 saturated heterocycles. The van der Waals surface area contributed by atoms with Crippen molar-refractivity contribution in [2.75, 3.05) is 7.11 Å². The molecular weight excluding hydrogens is 403 g/mol. The summed E-state index contributed by atoms with van der Waals surface area (Å²) in [7, 11) is 1.51. The van der Waals surface area contributed by atoms with Crippen molar-refractivity contribution in [3.63, 3.8) is 0 Å². The zero-order valence-electron chi connectivity index (χ0n) is 16.4. The number of aromatic nitrogens is 2. The van der Waals surface area contributed by atoms with Crippen LogP contribution < -0.4 is 10.3 Å². The van der Waals surface area contributed by atoms with Crippen LogP contribution in [0, 0.1) is 5.82 Å². The third-order valence-corrected chi connectivity index (χ3v) is 4.91. The summed E-state index contributed by atoms with van der Waals surface area (Å²) in [6, 6.07) is 14.1. The first-order valence-corrected chi connectivity index (χ1v) is 9.28. The molecule has 0 aliphatic carbocycles. The lowest BCUT2D eigenvalue weighted by Crippen LogP contribution is -2.26. The van der Waals surface area contributed by atoms with E-state index in [0.29, 0.717) is 23.4 Å². The van der Waals surface area contributed by atoms with Crippen LogP contribution in [0.3, 0.4) is 0 Å². The number of aromatic hydroxyl groups is 1. The van der Waals surface area contributed by atoms with Crippen LogP contribution in [-0.2, 0) is 6.42 Å². The number of hydrogen-bond acceptors (Lipinski definition) is 5. The second kappa shape index (κ2) is 7.91. The van der Waals surface area contributed by atoms with Crippen LogP contribution in [0.4, 0.5) is 4.39 Å². The third kappa shape index (κ3) is 3.71. The molecule has 0 amide bonds. The summed E-state index contributed by atoms with van der Waals surface area (Å²) in [5.74, 6) is -2.03. The average Bonchev–Trinajstić information content (AvgIpc) is 2.75. The maximum absolute atomic E-state index is 13.2. The molecule has 0 saturated carbocycles. The normalized spacial score (nSPS) is 10.9. The highest BCUT2D eigenvalue weighted by Gasteiger charge is 2.23. The van der Waals surface area contributed by atoms with Gasteiger partial charge in [0.05, 0.1) is 12.6 Å². The topological polar surface area (TPSA) is 102 Å². The number of hydrogen-bond donors (Lipinski definition) is 2. The molecular formula is C23H17FN2O5. The second-order valence-corrected chi connectivity index (χ2v) is 6.88. The van der Waals surface area contributed by atoms with Crippen LogP contribution in [0.5, 0.6) is 11.5 Å². The van der Waals surface area contributed by atoms with E-state index in [-0.39, 0.29) is 16.9 Å². The Morgan fingerprint density at radius 3 is 2.39 bits per heavy atom. The number of carboxylic acid groups (broad SMARTS) is 1. The van der Waals surface area contributed by atoms with Gasteiger partial charge in [0.15, 0.2) is 11.3 Å². The fourth-order valence-corrected chi connectivity index (χ4v) is 3.40. The van der Waals surface area contributed by atoms with Gasteiger partial charge in [-0.1, -0.05) is 12.1 Å². The van der Waals surface area contributed by atoms with Gasteiger partial charge in [-0.3, -0.25) is 14.3 Å². The molecule has 0 aliphatic heterocycles. The summed E-state index contributed by atoms with van der Waals surface area (Å²) in [5, 5.41) is 19.9. The lowest BCUT2D eigenvalue weighted by atomic mass is 10.1. The van der Waals surface area contributed by atoms with Crippen molar-refractivity contribution < 1.29 is 24.1 Å². The first-order chi connectivity index (χ1) is 14.9. The largest absolute Gasteiger partial charge is 0.505 e. The van der Waals surface area contributed by atoms with Crippen LogP contribution in [0.25, 0.3) is 16.7 Å². The predicted molar refractivity (Wildman–Crippen MR) is 112 cm³/mol. The monoisotopic (exact) mass is 420 g/mol. The summed E-state index contributed by atoms with van der Waals surface area (Å²) in [6.07, 6.45) is 1.89. The molecule has 8 heteroatoms. The number of carboxylic acids is 1. The van der Waals surface area contributed by atoms with E-state index in [9.17, 15) is 24.2 Å². The molecule has 2 aromatic carbocycles. The van der Waals surface area contributed by atoms with E-state index in [1.165, 1.54) is 30.0 Å². The number of ether oxygens (including phenoxy) is 1. The Balaban J connectivity index is 1.95. The predicted octanol–water partition coefficient (Wildman–Crippen LogP) is 3.53. The molecule has 2 N–H and O–H groups in total. The molecule has 0 atom stereocenters. The molecule has 0 unspecified atom stereocenters. The van der Waals surface area contributed by atoms with Gasteiger partial charge in [-0.05, 0) is 60.0 Å². The molecule has 31 heavy (non-hydrogen) atoms. The van der Waals surface area contributed by atoms with Gasteiger partial charge in [0.25, 0.3) is 5.56 Å². The third-order valence-electron chi connectivity index (χ3n) is 4.91. The second-order valence-electron chi connectivity index (χ2n) is 6.88. The van der Waals surface area contributed by atoms with Crippen molar-refractivity contribution in [2.24, 2.45) is 0 Å². The van der Waals surface area contributed by atoms with Crippen molar-refractivity contribution in [3.8, 4) is 17.2 Å². The van der Waals surface area contributed by atoms with Gasteiger partial charge in [0.1, 0.15) is 17.1 Å². The molecule has 2 aromatic heterocycles. The van der Waals surface area contributed by atoms with Gasteiger partial charge in [0.2, 0.25) is 0 Å². The first kappa shape index (κ1) is 20.1. The number of carbonyl (C=O) groups is 1. The van der Waals surface area contributed by atoms with Gasteiger partial charge in [-0.15, -0.1) is 0 Å². The SMILES string of the molecule is COc1ccc(-n2c(=O)c(C(=O)O)c(O)c3ncc(Cc4ccc(F)cc4)cc32)cc1. The summed E-state index contributed by atoms with van der Waals surface area (Å²) < 4.78 is 19.5. The van der Waals surface area contributed by atoms with E-state index in [2.05, 4.69) is 4.98 Å². The van der Waals surface area contributed by atoms with Gasteiger partial charge in [0, 0.05) is 11.9 Å². The molecule has 0 bridgehead atoms. The molecule has 2 heterocycles. The van der Waals surface area contributed by atoms with E-state index < -0.39 is 22.8 Å². The zero-order valence-corrected chi connectivity index (χ0v) is 16.4. The number of nitrogens with zero attached hydrogens (tertiary/aromatic N) is 2. The standard InChI is InChI=1S/C23H17FN2O5/c1-31-17-8-6-16(7-9-17)26-18-11-14(10-13-2-4-15(24)5-3-13)12-25-20(18)21(27)19(22(26)28)23(29)30/h2-9,11-12,27H,10H2,1H3,(H,29,30). The van der Waals surface area contributed by atoms with Crippen molar-refractivity contribution in [3.05, 3.63) is 93.7 Å². The van der Waals surface area contributed by atoms with E-state index in [0.717, 1.165) is 5.56 Å². The van der Waals surface area contributed by atoms with Gasteiger partial charge < -0.3 is 14.9 Å². The van der Waals surface area contributed by atoms with E-state index in [1.807, 2.05) is 0 Å². The minimum Gasteiger partial charge on any atom is -0.505 e. The van der Waals surface area contributed by atoms with E-state index >= 15 is 0 Å². The van der Waals surface area contributed by atoms with Crippen LogP contribution in [0.2, 0.25) is 0 Å². The molecule has 4 rings (SSSR count). The number of methoxy groups -OCH3 is 1. The van der Waals surface area contributed by atoms with Crippen LogP contribution in [0.1, 0.15) is 21.5 Å². The van der Waals surface area contributed by atoms with Crippen molar-refractivity contribution in [1.82, 2.24) is 9.55 Å². The minimum absolute atomic E-state index is 0.0179. The van der Waals surface area contributed by atoms with Crippen LogP contribution in [0.15, 0.2) is 65.6 Å². The Morgan fingerprint density at radius 1 is 1.10 bits per heavy atom. The zero-order chi connectivity index (χ0) is 22.1. The first-order valence-electron chi connectivity index (χ1n) is 9.28. The summed E-state index contributed by atoms with van der Waals surface area (Å²) in [6.45, 7) is 0. The van der Waals surface area contributed by atoms with Gasteiger partial charge in [-0.2, -0.15) is 0 Å². The lowest BCUT2D eigenvalue weighted by Gasteiger charge is -2.14. The van der Waals surface area contributed by atoms with Crippen molar-refractivity contribution in [2.45, 2.75) is 6.42 Å². The summed E-state index contributed by atoms with van der Waals surface area (Å²) in [5.41, 5.74) is 0.494. The summed E-state index contributed by atoms with van der Waals surface area (Å²) >= 11 is 0. The number of halogens is 1. The fourth-order valence-electron chi connectivity index (χ4n) is 3.40. The van der Waals surface area contributed by atoms with E-state index in [1.54, 1.807) is 42.5 Å². The number of rotatable bonds is 5. The Bertz CT molecular complexity index is 1350. The Labute approximate surface area is 175 Å². The lowest BCUT2D eigenvalue weighted by molar-refractivity contribution is 0.0691. The number of benzene rings is 2. The van der Waals surface area contributed by atoms with E-state index in [4.69, 9.17) is 4.74 Å². The maximum Gasteiger partial charge on any atom is 0.345 e. The number of fused-ring (bicyclic) bond motifs is 1. The smallest absolute Gasteiger partial charge is 0.345 e. The minimum atomic E-state index is -1.55. The molecule has 0 spiro atoms.